The van der Waals surface area contributed by atoms with E-state index in [2.05, 4.69) is 5.32 Å². The number of anilines is 1. The highest BCUT2D eigenvalue weighted by molar-refractivity contribution is 6.15. The average molecular weight is 340 g/mol. The van der Waals surface area contributed by atoms with Crippen LogP contribution < -0.4 is 5.32 Å². The van der Waals surface area contributed by atoms with Gasteiger partial charge in [0.1, 0.15) is 17.5 Å². The second-order valence-corrected chi connectivity index (χ2v) is 6.14. The number of rotatable bonds is 3. The first-order valence-electron chi connectivity index (χ1n) is 8.51. The lowest BCUT2D eigenvalue weighted by Crippen LogP contribution is -2.22. The molecule has 1 N–H and O–H groups in total. The van der Waals surface area contributed by atoms with Crippen molar-refractivity contribution in [3.05, 3.63) is 108 Å². The minimum Gasteiger partial charge on any atom is -0.466 e. The van der Waals surface area contributed by atoms with E-state index in [1.54, 1.807) is 12.5 Å². The molecule has 2 aromatic carbocycles. The minimum absolute atomic E-state index is 0.120. The SMILES string of the molecule is c1ccc(N=C2c3ccoc3C(Nc3ccccc3)c3ccoc32)cc1. The zero-order valence-corrected chi connectivity index (χ0v) is 13.9. The first-order chi connectivity index (χ1) is 12.9. The Morgan fingerprint density at radius 2 is 1.50 bits per heavy atom. The molecule has 1 aliphatic rings. The number of para-hydroxylation sites is 2. The zero-order valence-electron chi connectivity index (χ0n) is 13.9. The third kappa shape index (κ3) is 2.43. The summed E-state index contributed by atoms with van der Waals surface area (Å²) in [6, 6.07) is 23.8. The van der Waals surface area contributed by atoms with Crippen molar-refractivity contribution < 1.29 is 8.83 Å². The third-order valence-corrected chi connectivity index (χ3v) is 4.52. The van der Waals surface area contributed by atoms with Gasteiger partial charge in [0.2, 0.25) is 0 Å². The lowest BCUT2D eigenvalue weighted by Gasteiger charge is -2.24. The van der Waals surface area contributed by atoms with Gasteiger partial charge in [0.05, 0.1) is 18.2 Å². The maximum absolute atomic E-state index is 5.85. The zero-order chi connectivity index (χ0) is 17.3. The molecule has 1 atom stereocenters. The quantitative estimate of drug-likeness (QED) is 0.531. The monoisotopic (exact) mass is 340 g/mol. The van der Waals surface area contributed by atoms with Crippen LogP contribution in [0.4, 0.5) is 11.4 Å². The summed E-state index contributed by atoms with van der Waals surface area (Å²) < 4.78 is 11.7. The van der Waals surface area contributed by atoms with E-state index >= 15 is 0 Å². The van der Waals surface area contributed by atoms with Crippen molar-refractivity contribution in [1.29, 1.82) is 0 Å². The molecule has 0 saturated carbocycles. The van der Waals surface area contributed by atoms with Crippen molar-refractivity contribution in [2.45, 2.75) is 6.04 Å². The van der Waals surface area contributed by atoms with Gasteiger partial charge >= 0.3 is 0 Å². The maximum atomic E-state index is 5.85. The van der Waals surface area contributed by atoms with E-state index in [1.807, 2.05) is 72.8 Å². The number of hydrogen-bond acceptors (Lipinski definition) is 4. The third-order valence-electron chi connectivity index (χ3n) is 4.52. The predicted octanol–water partition coefficient (Wildman–Crippen LogP) is 5.56. The Hall–Kier alpha value is -3.53. The largest absolute Gasteiger partial charge is 0.466 e. The predicted molar refractivity (Wildman–Crippen MR) is 101 cm³/mol. The number of nitrogens with one attached hydrogen (secondary N) is 1. The van der Waals surface area contributed by atoms with Crippen molar-refractivity contribution in [3.63, 3.8) is 0 Å². The summed E-state index contributed by atoms with van der Waals surface area (Å²) in [5.41, 5.74) is 4.67. The van der Waals surface area contributed by atoms with Crippen LogP contribution in [-0.2, 0) is 0 Å². The summed E-state index contributed by atoms with van der Waals surface area (Å²) >= 11 is 0. The standard InChI is InChI=1S/C22H16N2O2/c1-3-7-15(8-4-1)23-19-17-11-13-26-22(17)20(18-12-14-25-21(18)19)24-16-9-5-2-6-10-16/h1-14,19,23H. The van der Waals surface area contributed by atoms with E-state index in [4.69, 9.17) is 13.8 Å². The smallest absolute Gasteiger partial charge is 0.158 e. The topological polar surface area (TPSA) is 50.7 Å². The van der Waals surface area contributed by atoms with E-state index in [-0.39, 0.29) is 6.04 Å². The van der Waals surface area contributed by atoms with Crippen LogP contribution in [0.25, 0.3) is 0 Å². The van der Waals surface area contributed by atoms with Gasteiger partial charge < -0.3 is 14.2 Å². The molecule has 1 unspecified atom stereocenters. The molecular formula is C22H16N2O2. The van der Waals surface area contributed by atoms with Crippen LogP contribution in [0.2, 0.25) is 0 Å². The fourth-order valence-corrected chi connectivity index (χ4v) is 3.33. The molecular weight excluding hydrogens is 324 g/mol. The molecule has 0 aliphatic heterocycles. The fraction of sp³-hybridized carbons (Fsp3) is 0.0455. The van der Waals surface area contributed by atoms with Gasteiger partial charge in [-0.1, -0.05) is 36.4 Å². The van der Waals surface area contributed by atoms with Gasteiger partial charge in [0.15, 0.2) is 5.76 Å². The van der Waals surface area contributed by atoms with Gasteiger partial charge in [-0.05, 0) is 36.4 Å². The van der Waals surface area contributed by atoms with Gasteiger partial charge in [0, 0.05) is 16.8 Å². The molecule has 0 radical (unpaired) electrons. The van der Waals surface area contributed by atoms with Gasteiger partial charge in [-0.2, -0.15) is 0 Å². The van der Waals surface area contributed by atoms with Crippen LogP contribution in [0.3, 0.4) is 0 Å². The Kier molecular flexibility index (Phi) is 3.46. The summed E-state index contributed by atoms with van der Waals surface area (Å²) in [6.45, 7) is 0. The number of nitrogens with zero attached hydrogens (tertiary/aromatic N) is 1. The summed E-state index contributed by atoms with van der Waals surface area (Å²) in [4.78, 5) is 4.82. The molecule has 4 nitrogen and oxygen atoms in total. The minimum atomic E-state index is -0.120. The van der Waals surface area contributed by atoms with Crippen LogP contribution in [0, 0.1) is 0 Å². The molecule has 0 saturated heterocycles. The lowest BCUT2D eigenvalue weighted by molar-refractivity contribution is 0.489. The highest BCUT2D eigenvalue weighted by Gasteiger charge is 2.35. The molecule has 1 aliphatic carbocycles. The summed E-state index contributed by atoms with van der Waals surface area (Å²) in [7, 11) is 0. The van der Waals surface area contributed by atoms with E-state index < -0.39 is 0 Å². The van der Waals surface area contributed by atoms with Crippen LogP contribution in [0.1, 0.15) is 28.7 Å². The highest BCUT2D eigenvalue weighted by atomic mass is 16.3. The van der Waals surface area contributed by atoms with Crippen LogP contribution >= 0.6 is 0 Å². The number of furan rings is 2. The Morgan fingerprint density at radius 3 is 2.31 bits per heavy atom. The summed E-state index contributed by atoms with van der Waals surface area (Å²) in [5.74, 6) is 1.62. The highest BCUT2D eigenvalue weighted by Crippen LogP contribution is 2.39. The molecule has 26 heavy (non-hydrogen) atoms. The fourth-order valence-electron chi connectivity index (χ4n) is 3.33. The molecule has 2 heterocycles. The van der Waals surface area contributed by atoms with Gasteiger partial charge in [-0.25, -0.2) is 4.99 Å². The maximum Gasteiger partial charge on any atom is 0.158 e. The number of aliphatic imine (C=N–C) groups is 1. The molecule has 2 aromatic heterocycles. The molecule has 4 aromatic rings. The normalized spacial score (nSPS) is 16.9. The first kappa shape index (κ1) is 14.8. The second-order valence-electron chi connectivity index (χ2n) is 6.14. The molecule has 0 bridgehead atoms. The molecule has 4 heteroatoms. The van der Waals surface area contributed by atoms with Crippen LogP contribution in [0.15, 0.2) is 99.1 Å². The molecule has 0 fully saturated rings. The average Bonchev–Trinajstić information content (AvgIpc) is 3.36. The van der Waals surface area contributed by atoms with E-state index in [0.29, 0.717) is 0 Å². The van der Waals surface area contributed by atoms with Crippen molar-refractivity contribution in [2.24, 2.45) is 4.99 Å². The van der Waals surface area contributed by atoms with Crippen molar-refractivity contribution >= 4 is 17.1 Å². The van der Waals surface area contributed by atoms with Crippen molar-refractivity contribution in [3.8, 4) is 0 Å². The van der Waals surface area contributed by atoms with E-state index in [0.717, 1.165) is 39.7 Å². The molecule has 126 valence electrons. The van der Waals surface area contributed by atoms with Gasteiger partial charge in [-0.3, -0.25) is 0 Å². The summed E-state index contributed by atoms with van der Waals surface area (Å²) in [5, 5.41) is 3.54. The lowest BCUT2D eigenvalue weighted by atomic mass is 9.90. The number of hydrogen-bond donors (Lipinski definition) is 1. The summed E-state index contributed by atoms with van der Waals surface area (Å²) in [6.07, 6.45) is 3.41. The Labute approximate surface area is 150 Å². The number of benzene rings is 2. The van der Waals surface area contributed by atoms with Crippen molar-refractivity contribution in [2.75, 3.05) is 5.32 Å². The first-order valence-corrected chi connectivity index (χ1v) is 8.51. The number of fused-ring (bicyclic) bond motifs is 2. The van der Waals surface area contributed by atoms with Crippen LogP contribution in [0.5, 0.6) is 0 Å². The van der Waals surface area contributed by atoms with Crippen molar-refractivity contribution in [1.82, 2.24) is 0 Å². The second kappa shape index (κ2) is 6.08. The Bertz CT molecular complexity index is 1020. The van der Waals surface area contributed by atoms with E-state index in [1.165, 1.54) is 0 Å². The van der Waals surface area contributed by atoms with Crippen LogP contribution in [-0.4, -0.2) is 5.71 Å². The molecule has 0 amide bonds. The van der Waals surface area contributed by atoms with E-state index in [9.17, 15) is 0 Å². The van der Waals surface area contributed by atoms with Gasteiger partial charge in [-0.15, -0.1) is 0 Å². The molecule has 5 rings (SSSR count). The molecule has 0 spiro atoms. The van der Waals surface area contributed by atoms with Gasteiger partial charge in [0.25, 0.3) is 0 Å². The Balaban J connectivity index is 1.63. The Morgan fingerprint density at radius 1 is 0.769 bits per heavy atom.